The number of anilines is 2. The van der Waals surface area contributed by atoms with Crippen LogP contribution in [0.25, 0.3) is 0 Å². The number of carbonyl (C=O) groups excluding carboxylic acids is 2. The van der Waals surface area contributed by atoms with Crippen molar-refractivity contribution in [2.45, 2.75) is 18.9 Å². The van der Waals surface area contributed by atoms with Crippen LogP contribution in [0.15, 0.2) is 54.6 Å². The molecule has 5 nitrogen and oxygen atoms in total. The van der Waals surface area contributed by atoms with E-state index >= 15 is 0 Å². The Hall–Kier alpha value is -2.53. The fourth-order valence-electron chi connectivity index (χ4n) is 3.90. The van der Waals surface area contributed by atoms with E-state index in [9.17, 15) is 9.59 Å². The van der Waals surface area contributed by atoms with Gasteiger partial charge in [0, 0.05) is 49.0 Å². The van der Waals surface area contributed by atoms with Crippen LogP contribution in [0.2, 0.25) is 5.02 Å². The minimum absolute atomic E-state index is 0.0251. The van der Waals surface area contributed by atoms with Gasteiger partial charge in [0.25, 0.3) is 0 Å². The highest BCUT2D eigenvalue weighted by Gasteiger charge is 2.39. The maximum atomic E-state index is 13.1. The molecule has 1 unspecified atom stereocenters. The smallest absolute Gasteiger partial charge is 0.245 e. The first kappa shape index (κ1) is 17.9. The van der Waals surface area contributed by atoms with E-state index < -0.39 is 6.04 Å². The zero-order chi connectivity index (χ0) is 18.8. The SMILES string of the molecule is O=C(C1CCC(=O)N1c1ccccc1)N1CCN(c2cccc(Cl)c2)CC1. The van der Waals surface area contributed by atoms with Crippen molar-refractivity contribution in [3.05, 3.63) is 59.6 Å². The van der Waals surface area contributed by atoms with Gasteiger partial charge < -0.3 is 9.80 Å². The summed E-state index contributed by atoms with van der Waals surface area (Å²) in [6.07, 6.45) is 1.01. The van der Waals surface area contributed by atoms with Crippen LogP contribution in [-0.4, -0.2) is 48.9 Å². The standard InChI is InChI=1S/C21H22ClN3O2/c22-16-5-4-8-18(15-16)23-11-13-24(14-12-23)21(27)19-9-10-20(26)25(19)17-6-2-1-3-7-17/h1-8,15,19H,9-14H2. The second-order valence-corrected chi connectivity index (χ2v) is 7.38. The molecule has 27 heavy (non-hydrogen) atoms. The monoisotopic (exact) mass is 383 g/mol. The molecule has 6 heteroatoms. The molecule has 1 atom stereocenters. The topological polar surface area (TPSA) is 43.9 Å². The van der Waals surface area contributed by atoms with Crippen molar-refractivity contribution in [1.82, 2.24) is 4.90 Å². The van der Waals surface area contributed by atoms with Crippen molar-refractivity contribution in [3.63, 3.8) is 0 Å². The van der Waals surface area contributed by atoms with E-state index in [0.717, 1.165) is 24.5 Å². The minimum atomic E-state index is -0.391. The number of hydrogen-bond acceptors (Lipinski definition) is 3. The molecular formula is C21H22ClN3O2. The predicted molar refractivity (Wildman–Crippen MR) is 107 cm³/mol. The fourth-order valence-corrected chi connectivity index (χ4v) is 4.08. The van der Waals surface area contributed by atoms with Crippen LogP contribution in [0.4, 0.5) is 11.4 Å². The summed E-state index contributed by atoms with van der Waals surface area (Å²) < 4.78 is 0. The molecule has 0 radical (unpaired) electrons. The largest absolute Gasteiger partial charge is 0.368 e. The molecule has 0 aromatic heterocycles. The molecule has 0 saturated carbocycles. The average molecular weight is 384 g/mol. The average Bonchev–Trinajstić information content (AvgIpc) is 3.09. The van der Waals surface area contributed by atoms with Crippen molar-refractivity contribution in [1.29, 1.82) is 0 Å². The van der Waals surface area contributed by atoms with Crippen molar-refractivity contribution < 1.29 is 9.59 Å². The van der Waals surface area contributed by atoms with Gasteiger partial charge in [0.15, 0.2) is 0 Å². The molecule has 2 aromatic rings. The van der Waals surface area contributed by atoms with Gasteiger partial charge in [-0.1, -0.05) is 35.9 Å². The van der Waals surface area contributed by atoms with E-state index in [-0.39, 0.29) is 11.8 Å². The Morgan fingerprint density at radius 2 is 1.63 bits per heavy atom. The maximum absolute atomic E-state index is 13.1. The van der Waals surface area contributed by atoms with E-state index in [1.807, 2.05) is 59.5 Å². The number of hydrogen-bond donors (Lipinski definition) is 0. The lowest BCUT2D eigenvalue weighted by Crippen LogP contribution is -2.54. The molecule has 0 bridgehead atoms. The molecule has 0 N–H and O–H groups in total. The molecule has 4 rings (SSSR count). The lowest BCUT2D eigenvalue weighted by molar-refractivity contribution is -0.133. The summed E-state index contributed by atoms with van der Waals surface area (Å²) in [5.41, 5.74) is 1.88. The number of carbonyl (C=O) groups is 2. The van der Waals surface area contributed by atoms with Crippen LogP contribution in [0.5, 0.6) is 0 Å². The summed E-state index contributed by atoms with van der Waals surface area (Å²) in [5, 5.41) is 0.717. The lowest BCUT2D eigenvalue weighted by Gasteiger charge is -2.38. The van der Waals surface area contributed by atoms with Crippen molar-refractivity contribution in [3.8, 4) is 0 Å². The summed E-state index contributed by atoms with van der Waals surface area (Å²) in [4.78, 5) is 31.3. The molecule has 0 aliphatic carbocycles. The number of piperazine rings is 1. The molecule has 2 saturated heterocycles. The van der Waals surface area contributed by atoms with Gasteiger partial charge in [-0.2, -0.15) is 0 Å². The third-order valence-electron chi connectivity index (χ3n) is 5.30. The van der Waals surface area contributed by atoms with Gasteiger partial charge in [-0.25, -0.2) is 0 Å². The van der Waals surface area contributed by atoms with Gasteiger partial charge in [0.1, 0.15) is 6.04 Å². The van der Waals surface area contributed by atoms with E-state index in [0.29, 0.717) is 31.0 Å². The number of benzene rings is 2. The summed E-state index contributed by atoms with van der Waals surface area (Å²) in [5.74, 6) is 0.0764. The van der Waals surface area contributed by atoms with Crippen molar-refractivity contribution >= 4 is 34.8 Å². The van der Waals surface area contributed by atoms with Crippen molar-refractivity contribution in [2.75, 3.05) is 36.0 Å². The highest BCUT2D eigenvalue weighted by Crippen LogP contribution is 2.28. The van der Waals surface area contributed by atoms with Crippen LogP contribution in [0.3, 0.4) is 0 Å². The summed E-state index contributed by atoms with van der Waals surface area (Å²) >= 11 is 6.09. The van der Waals surface area contributed by atoms with Gasteiger partial charge in [-0.05, 0) is 36.8 Å². The van der Waals surface area contributed by atoms with Gasteiger partial charge in [0.05, 0.1) is 0 Å². The predicted octanol–water partition coefficient (Wildman–Crippen LogP) is 3.18. The van der Waals surface area contributed by atoms with E-state index in [1.165, 1.54) is 0 Å². The molecule has 0 spiro atoms. The maximum Gasteiger partial charge on any atom is 0.245 e. The Morgan fingerprint density at radius 1 is 0.926 bits per heavy atom. The second kappa shape index (κ2) is 7.61. The van der Waals surface area contributed by atoms with Crippen LogP contribution < -0.4 is 9.80 Å². The molecule has 2 amide bonds. The normalized spacial score (nSPS) is 20.3. The summed E-state index contributed by atoms with van der Waals surface area (Å²) in [6.45, 7) is 2.83. The third-order valence-corrected chi connectivity index (χ3v) is 5.53. The van der Waals surface area contributed by atoms with Crippen LogP contribution in [-0.2, 0) is 9.59 Å². The second-order valence-electron chi connectivity index (χ2n) is 6.95. The Labute approximate surface area is 164 Å². The zero-order valence-corrected chi connectivity index (χ0v) is 15.8. The number of amides is 2. The summed E-state index contributed by atoms with van der Waals surface area (Å²) in [7, 11) is 0. The van der Waals surface area contributed by atoms with Gasteiger partial charge in [-0.15, -0.1) is 0 Å². The number of halogens is 1. The van der Waals surface area contributed by atoms with Gasteiger partial charge in [0.2, 0.25) is 11.8 Å². The highest BCUT2D eigenvalue weighted by molar-refractivity contribution is 6.30. The van der Waals surface area contributed by atoms with E-state index in [2.05, 4.69) is 4.90 Å². The Kier molecular flexibility index (Phi) is 5.03. The molecule has 2 aliphatic rings. The first-order valence-electron chi connectivity index (χ1n) is 9.30. The molecule has 2 heterocycles. The zero-order valence-electron chi connectivity index (χ0n) is 15.1. The molecule has 2 aliphatic heterocycles. The third kappa shape index (κ3) is 3.65. The fraction of sp³-hybridized carbons (Fsp3) is 0.333. The Balaban J connectivity index is 1.44. The van der Waals surface area contributed by atoms with Crippen LogP contribution >= 0.6 is 11.6 Å². The van der Waals surface area contributed by atoms with Crippen LogP contribution in [0.1, 0.15) is 12.8 Å². The van der Waals surface area contributed by atoms with Crippen molar-refractivity contribution in [2.24, 2.45) is 0 Å². The minimum Gasteiger partial charge on any atom is -0.368 e. The first-order valence-corrected chi connectivity index (χ1v) is 9.68. The van der Waals surface area contributed by atoms with Gasteiger partial charge >= 0.3 is 0 Å². The molecule has 2 fully saturated rings. The van der Waals surface area contributed by atoms with E-state index in [4.69, 9.17) is 11.6 Å². The molecule has 140 valence electrons. The summed E-state index contributed by atoms with van der Waals surface area (Å²) in [6, 6.07) is 16.9. The van der Waals surface area contributed by atoms with Gasteiger partial charge in [-0.3, -0.25) is 14.5 Å². The first-order chi connectivity index (χ1) is 13.1. The number of rotatable bonds is 3. The Bertz CT molecular complexity index is 834. The quantitative estimate of drug-likeness (QED) is 0.817. The van der Waals surface area contributed by atoms with Crippen LogP contribution in [0, 0.1) is 0 Å². The molecular weight excluding hydrogens is 362 g/mol. The number of para-hydroxylation sites is 1. The Morgan fingerprint density at radius 3 is 2.33 bits per heavy atom. The van der Waals surface area contributed by atoms with E-state index in [1.54, 1.807) is 4.90 Å². The highest BCUT2D eigenvalue weighted by atomic mass is 35.5. The lowest BCUT2D eigenvalue weighted by atomic mass is 10.1. The molecule has 2 aromatic carbocycles. The number of nitrogens with zero attached hydrogens (tertiary/aromatic N) is 3.